The third kappa shape index (κ3) is 1.87. The molecule has 0 radical (unpaired) electrons. The average molecular weight is 249 g/mol. The van der Waals surface area contributed by atoms with Gasteiger partial charge in [0.25, 0.3) is 0 Å². The summed E-state index contributed by atoms with van der Waals surface area (Å²) in [6.45, 7) is 4.09. The van der Waals surface area contributed by atoms with Gasteiger partial charge in [0, 0.05) is 9.35 Å². The fourth-order valence-corrected chi connectivity index (χ4v) is 2.52. The van der Waals surface area contributed by atoms with Crippen LogP contribution < -0.4 is 0 Å². The second-order valence-corrected chi connectivity index (χ2v) is 4.72. The number of halogens is 1. The summed E-state index contributed by atoms with van der Waals surface area (Å²) in [5.74, 6) is -0.474. The molecule has 0 aliphatic rings. The third-order valence-corrected chi connectivity index (χ3v) is 3.78. The van der Waals surface area contributed by atoms with E-state index in [1.54, 1.807) is 0 Å². The van der Waals surface area contributed by atoms with Gasteiger partial charge in [-0.3, -0.25) is 0 Å². The Morgan fingerprint density at radius 2 is 2.25 bits per heavy atom. The number of thiophene rings is 1. The Morgan fingerprint density at radius 3 is 2.50 bits per heavy atom. The van der Waals surface area contributed by atoms with Crippen molar-refractivity contribution >= 4 is 33.2 Å². The van der Waals surface area contributed by atoms with Crippen molar-refractivity contribution in [3.8, 4) is 0 Å². The molecule has 0 aliphatic carbocycles. The fraction of sp³-hybridized carbons (Fsp3) is 0.375. The highest BCUT2D eigenvalue weighted by molar-refractivity contribution is 9.10. The average Bonchev–Trinajstić information content (AvgIpc) is 2.30. The van der Waals surface area contributed by atoms with E-state index in [1.165, 1.54) is 11.3 Å². The van der Waals surface area contributed by atoms with Crippen LogP contribution in [-0.2, 0) is 0 Å². The Hall–Kier alpha value is -0.350. The fourth-order valence-electron chi connectivity index (χ4n) is 0.817. The first-order chi connectivity index (χ1) is 5.52. The van der Waals surface area contributed by atoms with Gasteiger partial charge in [0.1, 0.15) is 4.88 Å². The Labute approximate surface area is 83.4 Å². The van der Waals surface area contributed by atoms with Gasteiger partial charge in [-0.25, -0.2) is 4.79 Å². The number of hydrogen-bond donors (Lipinski definition) is 1. The molecule has 1 heterocycles. The second-order valence-electron chi connectivity index (χ2n) is 2.79. The maximum atomic E-state index is 10.6. The van der Waals surface area contributed by atoms with E-state index < -0.39 is 5.97 Å². The predicted molar refractivity (Wildman–Crippen MR) is 53.1 cm³/mol. The molecule has 0 saturated carbocycles. The van der Waals surface area contributed by atoms with E-state index in [1.807, 2.05) is 19.9 Å². The predicted octanol–water partition coefficient (Wildman–Crippen LogP) is 3.33. The van der Waals surface area contributed by atoms with Crippen LogP contribution in [0, 0.1) is 0 Å². The zero-order chi connectivity index (χ0) is 9.30. The molecule has 0 saturated heterocycles. The Balaban J connectivity index is 3.09. The zero-order valence-electron chi connectivity index (χ0n) is 6.80. The lowest BCUT2D eigenvalue weighted by Gasteiger charge is -1.96. The minimum Gasteiger partial charge on any atom is -0.477 e. The maximum Gasteiger partial charge on any atom is 0.347 e. The summed E-state index contributed by atoms with van der Waals surface area (Å²) in [6.07, 6.45) is 0. The normalized spacial score (nSPS) is 10.7. The van der Waals surface area contributed by atoms with Crippen molar-refractivity contribution in [3.05, 3.63) is 20.3 Å². The van der Waals surface area contributed by atoms with Gasteiger partial charge in [0.05, 0.1) is 0 Å². The molecule has 0 fully saturated rings. The lowest BCUT2D eigenvalue weighted by molar-refractivity contribution is 0.0701. The Morgan fingerprint density at radius 1 is 1.67 bits per heavy atom. The van der Waals surface area contributed by atoms with Gasteiger partial charge in [0.2, 0.25) is 0 Å². The van der Waals surface area contributed by atoms with Crippen LogP contribution in [0.1, 0.15) is 34.3 Å². The van der Waals surface area contributed by atoms with Crippen molar-refractivity contribution in [1.82, 2.24) is 0 Å². The highest BCUT2D eigenvalue weighted by Crippen LogP contribution is 2.31. The molecule has 0 aromatic carbocycles. The topological polar surface area (TPSA) is 37.3 Å². The first kappa shape index (κ1) is 9.74. The highest BCUT2D eigenvalue weighted by atomic mass is 79.9. The lowest BCUT2D eigenvalue weighted by Crippen LogP contribution is -1.91. The molecule has 1 N–H and O–H groups in total. The van der Waals surface area contributed by atoms with E-state index in [-0.39, 0.29) is 0 Å². The number of aromatic carboxylic acids is 1. The van der Waals surface area contributed by atoms with Crippen LogP contribution in [0.25, 0.3) is 0 Å². The molecule has 66 valence electrons. The minimum absolute atomic E-state index is 0.388. The van der Waals surface area contributed by atoms with Crippen molar-refractivity contribution in [1.29, 1.82) is 0 Å². The van der Waals surface area contributed by atoms with Crippen molar-refractivity contribution in [2.75, 3.05) is 0 Å². The number of carboxylic acid groups (broad SMARTS) is 1. The SMILES string of the molecule is CC(C)c1cc(Br)c(C(=O)O)s1. The molecular formula is C8H9BrO2S. The minimum atomic E-state index is -0.862. The summed E-state index contributed by atoms with van der Waals surface area (Å²) in [6, 6.07) is 1.87. The van der Waals surface area contributed by atoms with Crippen LogP contribution in [-0.4, -0.2) is 11.1 Å². The first-order valence-electron chi connectivity index (χ1n) is 3.55. The summed E-state index contributed by atoms with van der Waals surface area (Å²) in [5.41, 5.74) is 0. The van der Waals surface area contributed by atoms with Crippen LogP contribution >= 0.6 is 27.3 Å². The van der Waals surface area contributed by atoms with Crippen molar-refractivity contribution < 1.29 is 9.90 Å². The second kappa shape index (κ2) is 3.58. The van der Waals surface area contributed by atoms with E-state index in [0.717, 1.165) is 4.88 Å². The quantitative estimate of drug-likeness (QED) is 0.872. The molecule has 2 nitrogen and oxygen atoms in total. The first-order valence-corrected chi connectivity index (χ1v) is 5.16. The summed E-state index contributed by atoms with van der Waals surface area (Å²) in [5, 5.41) is 8.74. The van der Waals surface area contributed by atoms with Crippen LogP contribution in [0.3, 0.4) is 0 Å². The van der Waals surface area contributed by atoms with E-state index >= 15 is 0 Å². The number of hydrogen-bond acceptors (Lipinski definition) is 2. The number of carboxylic acids is 1. The number of carbonyl (C=O) groups is 1. The molecule has 0 unspecified atom stereocenters. The molecule has 0 amide bonds. The van der Waals surface area contributed by atoms with Crippen LogP contribution in [0.2, 0.25) is 0 Å². The van der Waals surface area contributed by atoms with E-state index in [0.29, 0.717) is 15.3 Å². The van der Waals surface area contributed by atoms with Gasteiger partial charge >= 0.3 is 5.97 Å². The van der Waals surface area contributed by atoms with E-state index in [2.05, 4.69) is 15.9 Å². The lowest BCUT2D eigenvalue weighted by atomic mass is 10.2. The molecule has 0 aliphatic heterocycles. The van der Waals surface area contributed by atoms with Gasteiger partial charge in [-0.05, 0) is 27.9 Å². The standard InChI is InChI=1S/C8H9BrO2S/c1-4(2)6-3-5(9)7(12-6)8(10)11/h3-4H,1-2H3,(H,10,11). The van der Waals surface area contributed by atoms with Crippen molar-refractivity contribution in [2.45, 2.75) is 19.8 Å². The van der Waals surface area contributed by atoms with Crippen LogP contribution in [0.15, 0.2) is 10.5 Å². The third-order valence-electron chi connectivity index (χ3n) is 1.47. The van der Waals surface area contributed by atoms with E-state index in [4.69, 9.17) is 5.11 Å². The molecule has 0 atom stereocenters. The highest BCUT2D eigenvalue weighted by Gasteiger charge is 2.14. The summed E-state index contributed by atoms with van der Waals surface area (Å²) in [7, 11) is 0. The largest absolute Gasteiger partial charge is 0.477 e. The summed E-state index contributed by atoms with van der Waals surface area (Å²) < 4.78 is 0.684. The molecule has 1 aromatic rings. The van der Waals surface area contributed by atoms with Gasteiger partial charge in [0.15, 0.2) is 0 Å². The molecule has 0 spiro atoms. The molecule has 1 aromatic heterocycles. The van der Waals surface area contributed by atoms with Crippen molar-refractivity contribution in [3.63, 3.8) is 0 Å². The zero-order valence-corrected chi connectivity index (χ0v) is 9.20. The Bertz CT molecular complexity index is 304. The number of rotatable bonds is 2. The summed E-state index contributed by atoms with van der Waals surface area (Å²) >= 11 is 4.54. The monoisotopic (exact) mass is 248 g/mol. The van der Waals surface area contributed by atoms with Gasteiger partial charge in [-0.2, -0.15) is 0 Å². The molecule has 1 rings (SSSR count). The Kier molecular flexibility index (Phi) is 2.90. The summed E-state index contributed by atoms with van der Waals surface area (Å²) in [4.78, 5) is 12.1. The van der Waals surface area contributed by atoms with E-state index in [9.17, 15) is 4.79 Å². The van der Waals surface area contributed by atoms with Gasteiger partial charge < -0.3 is 5.11 Å². The van der Waals surface area contributed by atoms with Gasteiger partial charge in [-0.1, -0.05) is 13.8 Å². The van der Waals surface area contributed by atoms with Crippen LogP contribution in [0.5, 0.6) is 0 Å². The maximum absolute atomic E-state index is 10.6. The molecule has 12 heavy (non-hydrogen) atoms. The smallest absolute Gasteiger partial charge is 0.347 e. The van der Waals surface area contributed by atoms with Gasteiger partial charge in [-0.15, -0.1) is 11.3 Å². The van der Waals surface area contributed by atoms with Crippen LogP contribution in [0.4, 0.5) is 0 Å². The molecule has 4 heteroatoms. The van der Waals surface area contributed by atoms with Crippen molar-refractivity contribution in [2.24, 2.45) is 0 Å². The molecule has 0 bridgehead atoms. The molecular weight excluding hydrogens is 240 g/mol.